The molecule has 1 aliphatic rings. The van der Waals surface area contributed by atoms with Gasteiger partial charge in [0.05, 0.1) is 4.92 Å². The van der Waals surface area contributed by atoms with Crippen LogP contribution in [0.3, 0.4) is 0 Å². The number of halogens is 1. The van der Waals surface area contributed by atoms with Crippen LogP contribution in [0, 0.1) is 22.0 Å². The summed E-state index contributed by atoms with van der Waals surface area (Å²) in [6.07, 6.45) is 1.98. The fraction of sp³-hybridized carbons (Fsp3) is 0.500. The Morgan fingerprint density at radius 3 is 2.78 bits per heavy atom. The van der Waals surface area contributed by atoms with Crippen LogP contribution in [0.25, 0.3) is 0 Å². The van der Waals surface area contributed by atoms with E-state index >= 15 is 0 Å². The summed E-state index contributed by atoms with van der Waals surface area (Å²) in [5, 5.41) is 22.9. The molecule has 0 aliphatic heterocycles. The molecule has 0 bridgehead atoms. The van der Waals surface area contributed by atoms with Gasteiger partial charge in [-0.1, -0.05) is 15.9 Å². The largest absolute Gasteiger partial charge is 0.396 e. The molecule has 1 fully saturated rings. The fourth-order valence-corrected chi connectivity index (χ4v) is 2.61. The molecule has 2 rings (SSSR count). The molecule has 5 nitrogen and oxygen atoms in total. The zero-order valence-electron chi connectivity index (χ0n) is 9.80. The van der Waals surface area contributed by atoms with Gasteiger partial charge in [0.2, 0.25) is 0 Å². The molecule has 1 aromatic carbocycles. The summed E-state index contributed by atoms with van der Waals surface area (Å²) in [5.41, 5.74) is 0.637. The number of aliphatic hydroxyl groups excluding tert-OH is 1. The van der Waals surface area contributed by atoms with E-state index in [1.807, 2.05) is 0 Å². The van der Waals surface area contributed by atoms with Crippen molar-refractivity contribution in [1.82, 2.24) is 0 Å². The molecule has 0 saturated heterocycles. The van der Waals surface area contributed by atoms with Crippen LogP contribution < -0.4 is 5.32 Å². The first-order chi connectivity index (χ1) is 8.60. The summed E-state index contributed by atoms with van der Waals surface area (Å²) >= 11 is 3.31. The monoisotopic (exact) mass is 314 g/mol. The van der Waals surface area contributed by atoms with Crippen LogP contribution in [-0.2, 0) is 0 Å². The van der Waals surface area contributed by atoms with Gasteiger partial charge in [-0.15, -0.1) is 0 Å². The highest BCUT2D eigenvalue weighted by Crippen LogP contribution is 2.34. The second kappa shape index (κ2) is 5.67. The van der Waals surface area contributed by atoms with Crippen molar-refractivity contribution in [1.29, 1.82) is 0 Å². The molecule has 1 aromatic rings. The number of aliphatic hydroxyl groups is 1. The van der Waals surface area contributed by atoms with Crippen molar-refractivity contribution < 1.29 is 10.0 Å². The van der Waals surface area contributed by atoms with Gasteiger partial charge in [-0.3, -0.25) is 10.1 Å². The zero-order valence-corrected chi connectivity index (χ0v) is 11.4. The number of hydrogen-bond acceptors (Lipinski definition) is 4. The van der Waals surface area contributed by atoms with E-state index in [1.165, 1.54) is 6.07 Å². The normalized spacial score (nSPS) is 22.3. The average Bonchev–Trinajstić information content (AvgIpc) is 2.27. The Kier molecular flexibility index (Phi) is 4.19. The minimum absolute atomic E-state index is 0.0937. The number of benzene rings is 1. The lowest BCUT2D eigenvalue weighted by Crippen LogP contribution is -2.31. The van der Waals surface area contributed by atoms with Crippen LogP contribution in [0.1, 0.15) is 12.8 Å². The second-order valence-corrected chi connectivity index (χ2v) is 5.60. The minimum atomic E-state index is -0.383. The summed E-state index contributed by atoms with van der Waals surface area (Å²) in [5.74, 6) is 0.912. The number of anilines is 1. The summed E-state index contributed by atoms with van der Waals surface area (Å²) in [7, 11) is 0. The third-order valence-corrected chi connectivity index (χ3v) is 3.82. The molecule has 2 N–H and O–H groups in total. The van der Waals surface area contributed by atoms with Gasteiger partial charge in [0.1, 0.15) is 5.69 Å². The maximum absolute atomic E-state index is 10.9. The van der Waals surface area contributed by atoms with Gasteiger partial charge in [0, 0.05) is 23.7 Å². The van der Waals surface area contributed by atoms with Crippen molar-refractivity contribution in [2.24, 2.45) is 11.8 Å². The molecule has 0 radical (unpaired) electrons. The first-order valence-corrected chi connectivity index (χ1v) is 6.68. The number of rotatable bonds is 5. The summed E-state index contributed by atoms with van der Waals surface area (Å²) in [6, 6.07) is 4.87. The molecular formula is C12H15BrN2O3. The van der Waals surface area contributed by atoms with Crippen LogP contribution in [0.15, 0.2) is 22.7 Å². The Hall–Kier alpha value is -1.14. The average molecular weight is 315 g/mol. The highest BCUT2D eigenvalue weighted by molar-refractivity contribution is 9.10. The van der Waals surface area contributed by atoms with Gasteiger partial charge in [-0.25, -0.2) is 0 Å². The second-order valence-electron chi connectivity index (χ2n) is 4.69. The lowest BCUT2D eigenvalue weighted by atomic mass is 9.75. The zero-order chi connectivity index (χ0) is 13.1. The summed E-state index contributed by atoms with van der Waals surface area (Å²) in [4.78, 5) is 10.5. The Balaban J connectivity index is 1.96. The maximum atomic E-state index is 10.9. The quantitative estimate of drug-likeness (QED) is 0.647. The lowest BCUT2D eigenvalue weighted by Gasteiger charge is -2.34. The molecule has 18 heavy (non-hydrogen) atoms. The third kappa shape index (κ3) is 3.00. The van der Waals surface area contributed by atoms with E-state index in [9.17, 15) is 10.1 Å². The van der Waals surface area contributed by atoms with Crippen LogP contribution in [0.4, 0.5) is 11.4 Å². The number of hydrogen-bond donors (Lipinski definition) is 2. The first kappa shape index (κ1) is 13.3. The van der Waals surface area contributed by atoms with Gasteiger partial charge in [0.25, 0.3) is 5.69 Å². The maximum Gasteiger partial charge on any atom is 0.292 e. The topological polar surface area (TPSA) is 75.4 Å². The molecule has 1 saturated carbocycles. The Bertz CT molecular complexity index is 447. The molecule has 0 amide bonds. The van der Waals surface area contributed by atoms with E-state index in [4.69, 9.17) is 5.11 Å². The first-order valence-electron chi connectivity index (χ1n) is 5.89. The van der Waals surface area contributed by atoms with Crippen molar-refractivity contribution in [3.05, 3.63) is 32.8 Å². The fourth-order valence-electron chi connectivity index (χ4n) is 2.25. The standard InChI is InChI=1S/C12H15BrN2O3/c13-10-1-2-12(15(17)18)11(5-10)14-6-8-3-9(4-8)7-16/h1-2,5,8-9,14,16H,3-4,6-7H2. The Morgan fingerprint density at radius 2 is 2.17 bits per heavy atom. The third-order valence-electron chi connectivity index (χ3n) is 3.33. The summed E-state index contributed by atoms with van der Waals surface area (Å²) < 4.78 is 0.817. The van der Waals surface area contributed by atoms with Gasteiger partial charge in [-0.2, -0.15) is 0 Å². The minimum Gasteiger partial charge on any atom is -0.396 e. The predicted molar refractivity (Wildman–Crippen MR) is 72.6 cm³/mol. The van der Waals surface area contributed by atoms with E-state index in [0.29, 0.717) is 24.1 Å². The molecule has 0 unspecified atom stereocenters. The number of nitro groups is 1. The van der Waals surface area contributed by atoms with E-state index in [0.717, 1.165) is 17.3 Å². The highest BCUT2D eigenvalue weighted by atomic mass is 79.9. The van der Waals surface area contributed by atoms with Crippen molar-refractivity contribution in [3.8, 4) is 0 Å². The number of nitro benzene ring substituents is 1. The van der Waals surface area contributed by atoms with Crippen LogP contribution >= 0.6 is 15.9 Å². The SMILES string of the molecule is O=[N+]([O-])c1ccc(Br)cc1NCC1CC(CO)C1. The molecule has 0 spiro atoms. The van der Waals surface area contributed by atoms with Crippen LogP contribution in [0.2, 0.25) is 0 Å². The highest BCUT2D eigenvalue weighted by Gasteiger charge is 2.28. The van der Waals surface area contributed by atoms with Crippen molar-refractivity contribution in [3.63, 3.8) is 0 Å². The van der Waals surface area contributed by atoms with E-state index < -0.39 is 0 Å². The summed E-state index contributed by atoms with van der Waals surface area (Å²) in [6.45, 7) is 0.960. The van der Waals surface area contributed by atoms with E-state index in [-0.39, 0.29) is 17.2 Å². The molecule has 0 atom stereocenters. The molecule has 0 heterocycles. The number of nitrogens with zero attached hydrogens (tertiary/aromatic N) is 1. The van der Waals surface area contributed by atoms with Gasteiger partial charge in [0.15, 0.2) is 0 Å². The van der Waals surface area contributed by atoms with Crippen molar-refractivity contribution in [2.75, 3.05) is 18.5 Å². The van der Waals surface area contributed by atoms with Crippen LogP contribution in [0.5, 0.6) is 0 Å². The number of nitrogens with one attached hydrogen (secondary N) is 1. The van der Waals surface area contributed by atoms with Gasteiger partial charge < -0.3 is 10.4 Å². The Labute approximate surface area is 113 Å². The van der Waals surface area contributed by atoms with Crippen molar-refractivity contribution >= 4 is 27.3 Å². The van der Waals surface area contributed by atoms with Crippen LogP contribution in [-0.4, -0.2) is 23.2 Å². The predicted octanol–water partition coefficient (Wildman–Crippen LogP) is 2.79. The van der Waals surface area contributed by atoms with E-state index in [1.54, 1.807) is 12.1 Å². The van der Waals surface area contributed by atoms with Gasteiger partial charge in [-0.05, 0) is 36.8 Å². The van der Waals surface area contributed by atoms with E-state index in [2.05, 4.69) is 21.2 Å². The molecular weight excluding hydrogens is 300 g/mol. The molecule has 0 aromatic heterocycles. The smallest absolute Gasteiger partial charge is 0.292 e. The molecule has 6 heteroatoms. The van der Waals surface area contributed by atoms with Crippen molar-refractivity contribution in [2.45, 2.75) is 12.8 Å². The molecule has 1 aliphatic carbocycles. The van der Waals surface area contributed by atoms with Gasteiger partial charge >= 0.3 is 0 Å². The Morgan fingerprint density at radius 1 is 1.44 bits per heavy atom. The lowest BCUT2D eigenvalue weighted by molar-refractivity contribution is -0.384. The molecule has 98 valence electrons.